The van der Waals surface area contributed by atoms with Gasteiger partial charge in [0.25, 0.3) is 0 Å². The average Bonchev–Trinajstić information content (AvgIpc) is 2.68. The Balaban J connectivity index is 1.67. The highest BCUT2D eigenvalue weighted by Gasteiger charge is 2.10. The molecule has 0 fully saturated rings. The van der Waals surface area contributed by atoms with Crippen molar-refractivity contribution in [2.75, 3.05) is 32.5 Å². The lowest BCUT2D eigenvalue weighted by Gasteiger charge is -2.20. The zero-order chi connectivity index (χ0) is 21.1. The van der Waals surface area contributed by atoms with Crippen molar-refractivity contribution in [3.05, 3.63) is 65.7 Å². The van der Waals surface area contributed by atoms with Crippen LogP contribution in [-0.2, 0) is 21.2 Å². The summed E-state index contributed by atoms with van der Waals surface area (Å²) in [5.74, 6) is 0.371. The van der Waals surface area contributed by atoms with E-state index in [1.807, 2.05) is 42.0 Å². The Morgan fingerprint density at radius 1 is 1.00 bits per heavy atom. The molecule has 0 saturated heterocycles. The van der Waals surface area contributed by atoms with Crippen LogP contribution in [0.15, 0.2) is 54.6 Å². The predicted molar refractivity (Wildman–Crippen MR) is 116 cm³/mol. The third kappa shape index (κ3) is 9.58. The van der Waals surface area contributed by atoms with Crippen LogP contribution in [0.5, 0.6) is 5.75 Å². The van der Waals surface area contributed by atoms with Crippen LogP contribution in [0.4, 0.5) is 0 Å². The molecule has 0 aliphatic heterocycles. The van der Waals surface area contributed by atoms with Crippen LogP contribution < -0.4 is 9.46 Å². The van der Waals surface area contributed by atoms with Gasteiger partial charge in [0.2, 0.25) is 15.9 Å². The van der Waals surface area contributed by atoms with E-state index < -0.39 is 15.9 Å². The first kappa shape index (κ1) is 22.9. The molecule has 0 spiro atoms. The fraction of sp³-hybridized carbons (Fsp3) is 0.409. The quantitative estimate of drug-likeness (QED) is 0.537. The normalized spacial score (nSPS) is 11.4. The van der Waals surface area contributed by atoms with Crippen molar-refractivity contribution >= 4 is 15.9 Å². The van der Waals surface area contributed by atoms with Crippen LogP contribution in [0.1, 0.15) is 30.9 Å². The number of nitrogens with zero attached hydrogens (tertiary/aromatic N) is 1. The summed E-state index contributed by atoms with van der Waals surface area (Å²) in [5.41, 5.74) is 2.53. The molecule has 0 heterocycles. The van der Waals surface area contributed by atoms with Crippen molar-refractivity contribution in [2.24, 2.45) is 0 Å². The van der Waals surface area contributed by atoms with Crippen LogP contribution in [0.2, 0.25) is 0 Å². The summed E-state index contributed by atoms with van der Waals surface area (Å²) < 4.78 is 29.9. The van der Waals surface area contributed by atoms with Gasteiger partial charge in [0.05, 0.1) is 12.9 Å². The summed E-state index contributed by atoms with van der Waals surface area (Å²) in [7, 11) is -3.49. The van der Waals surface area contributed by atoms with E-state index in [2.05, 4.69) is 29.2 Å². The number of benzene rings is 2. The van der Waals surface area contributed by atoms with E-state index in [1.54, 1.807) is 0 Å². The Hall–Kier alpha value is -2.38. The summed E-state index contributed by atoms with van der Waals surface area (Å²) in [6, 6.07) is 18.5. The first-order valence-electron chi connectivity index (χ1n) is 9.84. The number of sulfonamides is 1. The highest BCUT2D eigenvalue weighted by atomic mass is 32.2. The predicted octanol–water partition coefficient (Wildman–Crippen LogP) is 2.83. The molecule has 29 heavy (non-hydrogen) atoms. The van der Waals surface area contributed by atoms with Crippen LogP contribution >= 0.6 is 0 Å². The monoisotopic (exact) mass is 418 g/mol. The van der Waals surface area contributed by atoms with Crippen molar-refractivity contribution in [2.45, 2.75) is 26.2 Å². The van der Waals surface area contributed by atoms with Gasteiger partial charge in [-0.05, 0) is 42.6 Å². The van der Waals surface area contributed by atoms with Gasteiger partial charge in [0.15, 0.2) is 0 Å². The third-order valence-corrected chi connectivity index (χ3v) is 5.06. The van der Waals surface area contributed by atoms with E-state index in [0.29, 0.717) is 13.2 Å². The second-order valence-corrected chi connectivity index (χ2v) is 8.74. The molecular formula is C22H30N2O4S. The topological polar surface area (TPSA) is 75.7 Å². The maximum absolute atomic E-state index is 11.6. The lowest BCUT2D eigenvalue weighted by atomic mass is 10.1. The van der Waals surface area contributed by atoms with Gasteiger partial charge < -0.3 is 9.64 Å². The second kappa shape index (κ2) is 11.6. The molecule has 0 unspecified atom stereocenters. The molecule has 2 aromatic carbocycles. The van der Waals surface area contributed by atoms with E-state index >= 15 is 0 Å². The Morgan fingerprint density at radius 2 is 1.66 bits per heavy atom. The maximum Gasteiger partial charge on any atom is 0.234 e. The summed E-state index contributed by atoms with van der Waals surface area (Å²) in [5, 5.41) is 0. The van der Waals surface area contributed by atoms with Gasteiger partial charge in [-0.3, -0.25) is 9.52 Å². The van der Waals surface area contributed by atoms with Gasteiger partial charge >= 0.3 is 0 Å². The smallest absolute Gasteiger partial charge is 0.234 e. The Labute approximate surface area is 173 Å². The summed E-state index contributed by atoms with van der Waals surface area (Å²) >= 11 is 0. The number of ether oxygens (including phenoxy) is 1. The Bertz CT molecular complexity index is 852. The SMILES string of the molecule is CCN(CCCOc1ccc(Cc2ccccc2)cc1)CCC(=O)NS(C)(=O)=O. The van der Waals surface area contributed by atoms with E-state index in [1.165, 1.54) is 11.1 Å². The van der Waals surface area contributed by atoms with Gasteiger partial charge in [-0.15, -0.1) is 0 Å². The average molecular weight is 419 g/mol. The van der Waals surface area contributed by atoms with Crippen molar-refractivity contribution in [1.82, 2.24) is 9.62 Å². The molecule has 0 radical (unpaired) electrons. The lowest BCUT2D eigenvalue weighted by molar-refractivity contribution is -0.119. The van der Waals surface area contributed by atoms with Crippen LogP contribution in [-0.4, -0.2) is 51.7 Å². The summed E-state index contributed by atoms with van der Waals surface area (Å²) in [4.78, 5) is 13.7. The molecule has 0 aliphatic carbocycles. The van der Waals surface area contributed by atoms with E-state index in [-0.39, 0.29) is 6.42 Å². The molecule has 0 bridgehead atoms. The number of hydrogen-bond acceptors (Lipinski definition) is 5. The molecule has 0 aromatic heterocycles. The molecule has 2 aromatic rings. The third-order valence-electron chi connectivity index (χ3n) is 4.46. The van der Waals surface area contributed by atoms with Crippen molar-refractivity contribution < 1.29 is 17.9 Å². The molecule has 6 nitrogen and oxygen atoms in total. The first-order valence-corrected chi connectivity index (χ1v) is 11.7. The molecule has 0 aliphatic rings. The van der Waals surface area contributed by atoms with Gasteiger partial charge in [-0.1, -0.05) is 49.4 Å². The number of carbonyl (C=O) groups excluding carboxylic acids is 1. The summed E-state index contributed by atoms with van der Waals surface area (Å²) in [6.07, 6.45) is 2.87. The fourth-order valence-electron chi connectivity index (χ4n) is 2.96. The molecule has 0 saturated carbocycles. The van der Waals surface area contributed by atoms with Gasteiger partial charge in [-0.25, -0.2) is 8.42 Å². The summed E-state index contributed by atoms with van der Waals surface area (Å²) in [6.45, 7) is 4.70. The highest BCUT2D eigenvalue weighted by molar-refractivity contribution is 7.89. The molecular weight excluding hydrogens is 388 g/mol. The van der Waals surface area contributed by atoms with Crippen LogP contribution in [0.25, 0.3) is 0 Å². The Morgan fingerprint density at radius 3 is 2.28 bits per heavy atom. The molecule has 1 amide bonds. The van der Waals surface area contributed by atoms with Crippen molar-refractivity contribution in [3.63, 3.8) is 0 Å². The van der Waals surface area contributed by atoms with Crippen LogP contribution in [0, 0.1) is 0 Å². The second-order valence-electron chi connectivity index (χ2n) is 6.99. The molecule has 7 heteroatoms. The van der Waals surface area contributed by atoms with Gasteiger partial charge in [0, 0.05) is 19.5 Å². The number of nitrogens with one attached hydrogen (secondary N) is 1. The van der Waals surface area contributed by atoms with Gasteiger partial charge in [0.1, 0.15) is 5.75 Å². The molecule has 2 rings (SSSR count). The number of rotatable bonds is 12. The standard InChI is InChI=1S/C22H30N2O4S/c1-3-24(16-14-22(25)23-29(2,26)27)15-7-17-28-21-12-10-20(11-13-21)18-19-8-5-4-6-9-19/h4-6,8-13H,3,7,14-18H2,1-2H3,(H,23,25). The van der Waals surface area contributed by atoms with E-state index in [4.69, 9.17) is 4.74 Å². The fourth-order valence-corrected chi connectivity index (χ4v) is 3.47. The van der Waals surface area contributed by atoms with Crippen molar-refractivity contribution in [1.29, 1.82) is 0 Å². The number of hydrogen-bond donors (Lipinski definition) is 1. The maximum atomic E-state index is 11.6. The first-order chi connectivity index (χ1) is 13.9. The van der Waals surface area contributed by atoms with Crippen molar-refractivity contribution in [3.8, 4) is 5.75 Å². The lowest BCUT2D eigenvalue weighted by Crippen LogP contribution is -2.34. The zero-order valence-electron chi connectivity index (χ0n) is 17.1. The number of amides is 1. The minimum Gasteiger partial charge on any atom is -0.494 e. The highest BCUT2D eigenvalue weighted by Crippen LogP contribution is 2.15. The minimum atomic E-state index is -3.49. The zero-order valence-corrected chi connectivity index (χ0v) is 18.0. The number of carbonyl (C=O) groups is 1. The molecule has 158 valence electrons. The molecule has 0 atom stereocenters. The molecule has 1 N–H and O–H groups in total. The minimum absolute atomic E-state index is 0.157. The Kier molecular flexibility index (Phi) is 9.15. The van der Waals surface area contributed by atoms with Crippen LogP contribution in [0.3, 0.4) is 0 Å². The largest absolute Gasteiger partial charge is 0.494 e. The van der Waals surface area contributed by atoms with Gasteiger partial charge in [-0.2, -0.15) is 0 Å². The van der Waals surface area contributed by atoms with E-state index in [9.17, 15) is 13.2 Å². The van der Waals surface area contributed by atoms with E-state index in [0.717, 1.165) is 37.9 Å².